The predicted molar refractivity (Wildman–Crippen MR) is 61.6 cm³/mol. The number of nitro benzene ring substituents is 1. The van der Waals surface area contributed by atoms with E-state index >= 15 is 0 Å². The minimum absolute atomic E-state index is 0.106. The Morgan fingerprint density at radius 2 is 2.05 bits per heavy atom. The Bertz CT molecular complexity index is 512. The molecule has 1 N–H and O–H groups in total. The summed E-state index contributed by atoms with van der Waals surface area (Å²) in [6, 6.07) is 4.94. The van der Waals surface area contributed by atoms with Gasteiger partial charge in [-0.05, 0) is 12.1 Å². The second kappa shape index (κ2) is 5.34. The van der Waals surface area contributed by atoms with Gasteiger partial charge >= 0.3 is 6.16 Å². The number of rotatable bonds is 3. The number of ether oxygens (including phenoxy) is 2. The van der Waals surface area contributed by atoms with Crippen LogP contribution in [0, 0.1) is 10.1 Å². The molecule has 0 radical (unpaired) electrons. The van der Waals surface area contributed by atoms with Gasteiger partial charge in [-0.3, -0.25) is 14.9 Å². The minimum atomic E-state index is -1.02. The highest BCUT2D eigenvalue weighted by molar-refractivity contribution is 5.84. The van der Waals surface area contributed by atoms with E-state index in [1.165, 1.54) is 24.3 Å². The third-order valence-corrected chi connectivity index (χ3v) is 2.49. The summed E-state index contributed by atoms with van der Waals surface area (Å²) in [5, 5.41) is 12.9. The van der Waals surface area contributed by atoms with Crippen LogP contribution in [-0.4, -0.2) is 29.6 Å². The number of benzene rings is 1. The molecule has 1 aliphatic rings. The van der Waals surface area contributed by atoms with Crippen molar-refractivity contribution in [2.45, 2.75) is 12.5 Å². The lowest BCUT2D eigenvalue weighted by molar-refractivity contribution is -0.384. The summed E-state index contributed by atoms with van der Waals surface area (Å²) in [6.07, 6.45) is -1.46. The van der Waals surface area contributed by atoms with Crippen LogP contribution < -0.4 is 10.1 Å². The lowest BCUT2D eigenvalue weighted by atomic mass is 10.3. The number of amides is 1. The lowest BCUT2D eigenvalue weighted by Crippen LogP contribution is -2.28. The maximum Gasteiger partial charge on any atom is 0.514 e. The van der Waals surface area contributed by atoms with Crippen molar-refractivity contribution in [2.24, 2.45) is 0 Å². The number of carbonyl (C=O) groups excluding carboxylic acids is 2. The molecular formula is C11H10N2O6. The number of nitrogens with zero attached hydrogens (tertiary/aromatic N) is 1. The highest BCUT2D eigenvalue weighted by atomic mass is 16.7. The summed E-state index contributed by atoms with van der Waals surface area (Å²) >= 11 is 0. The molecule has 1 saturated heterocycles. The summed E-state index contributed by atoms with van der Waals surface area (Å²) < 4.78 is 9.59. The Morgan fingerprint density at radius 1 is 1.37 bits per heavy atom. The SMILES string of the molecule is O=C(Oc1ccc([N+](=O)[O-])cc1)O[C@H]1CCNC1=O. The maximum atomic E-state index is 11.4. The molecule has 2 rings (SSSR count). The van der Waals surface area contributed by atoms with Gasteiger partial charge in [-0.25, -0.2) is 4.79 Å². The van der Waals surface area contributed by atoms with E-state index in [9.17, 15) is 19.7 Å². The molecule has 0 unspecified atom stereocenters. The Morgan fingerprint density at radius 3 is 2.58 bits per heavy atom. The summed E-state index contributed by atoms with van der Waals surface area (Å²) in [5.41, 5.74) is -0.115. The number of hydrogen-bond acceptors (Lipinski definition) is 6. The molecule has 1 fully saturated rings. The first-order chi connectivity index (χ1) is 9.06. The van der Waals surface area contributed by atoms with Gasteiger partial charge in [0.15, 0.2) is 6.10 Å². The molecule has 8 nitrogen and oxygen atoms in total. The van der Waals surface area contributed by atoms with Crippen LogP contribution in [0.4, 0.5) is 10.5 Å². The van der Waals surface area contributed by atoms with Crippen LogP contribution in [0.3, 0.4) is 0 Å². The zero-order valence-electron chi connectivity index (χ0n) is 9.70. The Kier molecular flexibility index (Phi) is 3.60. The van der Waals surface area contributed by atoms with E-state index in [0.29, 0.717) is 13.0 Å². The Hall–Kier alpha value is -2.64. The van der Waals surface area contributed by atoms with Crippen molar-refractivity contribution >= 4 is 17.7 Å². The third-order valence-electron chi connectivity index (χ3n) is 2.49. The molecule has 19 heavy (non-hydrogen) atoms. The first-order valence-corrected chi connectivity index (χ1v) is 5.47. The van der Waals surface area contributed by atoms with Crippen molar-refractivity contribution in [3.63, 3.8) is 0 Å². The van der Waals surface area contributed by atoms with E-state index in [1.54, 1.807) is 0 Å². The van der Waals surface area contributed by atoms with Crippen molar-refractivity contribution in [3.8, 4) is 5.75 Å². The van der Waals surface area contributed by atoms with E-state index < -0.39 is 17.2 Å². The topological polar surface area (TPSA) is 108 Å². The molecule has 0 bridgehead atoms. The van der Waals surface area contributed by atoms with Gasteiger partial charge in [-0.15, -0.1) is 0 Å². The van der Waals surface area contributed by atoms with Gasteiger partial charge in [-0.2, -0.15) is 0 Å². The van der Waals surface area contributed by atoms with Crippen LogP contribution in [0.25, 0.3) is 0 Å². The Balaban J connectivity index is 1.91. The smallest absolute Gasteiger partial charge is 0.420 e. The molecule has 1 aromatic carbocycles. The summed E-state index contributed by atoms with van der Waals surface area (Å²) in [4.78, 5) is 32.4. The second-order valence-electron chi connectivity index (χ2n) is 3.79. The minimum Gasteiger partial charge on any atom is -0.420 e. The van der Waals surface area contributed by atoms with Gasteiger partial charge in [0.2, 0.25) is 0 Å². The molecule has 8 heteroatoms. The molecular weight excluding hydrogens is 256 g/mol. The van der Waals surface area contributed by atoms with Gasteiger partial charge in [0, 0.05) is 25.1 Å². The highest BCUT2D eigenvalue weighted by Gasteiger charge is 2.28. The van der Waals surface area contributed by atoms with Crippen molar-refractivity contribution in [2.75, 3.05) is 6.54 Å². The Labute approximate surface area is 107 Å². The van der Waals surface area contributed by atoms with Crippen molar-refractivity contribution in [1.29, 1.82) is 0 Å². The molecule has 0 aromatic heterocycles. The van der Waals surface area contributed by atoms with Crippen molar-refractivity contribution in [1.82, 2.24) is 5.32 Å². The van der Waals surface area contributed by atoms with Crippen LogP contribution in [0.1, 0.15) is 6.42 Å². The zero-order valence-corrected chi connectivity index (χ0v) is 9.70. The molecule has 100 valence electrons. The molecule has 1 amide bonds. The van der Waals surface area contributed by atoms with E-state index in [4.69, 9.17) is 9.47 Å². The van der Waals surface area contributed by atoms with Crippen molar-refractivity contribution < 1.29 is 24.0 Å². The molecule has 0 spiro atoms. The normalized spacial score (nSPS) is 17.7. The summed E-state index contributed by atoms with van der Waals surface area (Å²) in [6.45, 7) is 0.453. The first kappa shape index (κ1) is 12.8. The quantitative estimate of drug-likeness (QED) is 0.378. The average Bonchev–Trinajstić information content (AvgIpc) is 2.75. The fraction of sp³-hybridized carbons (Fsp3) is 0.273. The zero-order chi connectivity index (χ0) is 13.8. The van der Waals surface area contributed by atoms with Gasteiger partial charge < -0.3 is 14.8 Å². The predicted octanol–water partition coefficient (Wildman–Crippen LogP) is 0.999. The number of non-ortho nitro benzene ring substituents is 1. The number of hydrogen-bond donors (Lipinski definition) is 1. The fourth-order valence-corrected chi connectivity index (χ4v) is 1.56. The van der Waals surface area contributed by atoms with Gasteiger partial charge in [0.25, 0.3) is 11.6 Å². The lowest BCUT2D eigenvalue weighted by Gasteiger charge is -2.09. The largest absolute Gasteiger partial charge is 0.514 e. The molecule has 1 aromatic rings. The third kappa shape index (κ3) is 3.18. The van der Waals surface area contributed by atoms with Crippen LogP contribution in [0.2, 0.25) is 0 Å². The molecule has 0 aliphatic carbocycles. The molecule has 0 saturated carbocycles. The van der Waals surface area contributed by atoms with Crippen LogP contribution in [-0.2, 0) is 9.53 Å². The van der Waals surface area contributed by atoms with E-state index in [-0.39, 0.29) is 17.3 Å². The molecule has 1 aliphatic heterocycles. The van der Waals surface area contributed by atoms with Crippen molar-refractivity contribution in [3.05, 3.63) is 34.4 Å². The number of nitro groups is 1. The molecule has 1 atom stereocenters. The standard InChI is InChI=1S/C11H10N2O6/c14-10-9(5-6-12-10)19-11(15)18-8-3-1-7(2-4-8)13(16)17/h1-4,9H,5-6H2,(H,12,14)/t9-/m0/s1. The van der Waals surface area contributed by atoms with Crippen LogP contribution >= 0.6 is 0 Å². The van der Waals surface area contributed by atoms with E-state index in [0.717, 1.165) is 0 Å². The fourth-order valence-electron chi connectivity index (χ4n) is 1.56. The molecule has 1 heterocycles. The monoisotopic (exact) mass is 266 g/mol. The van der Waals surface area contributed by atoms with E-state index in [1.807, 2.05) is 0 Å². The van der Waals surface area contributed by atoms with Crippen LogP contribution in [0.15, 0.2) is 24.3 Å². The highest BCUT2D eigenvalue weighted by Crippen LogP contribution is 2.18. The number of carbonyl (C=O) groups is 2. The average molecular weight is 266 g/mol. The van der Waals surface area contributed by atoms with Gasteiger partial charge in [0.1, 0.15) is 5.75 Å². The maximum absolute atomic E-state index is 11.4. The van der Waals surface area contributed by atoms with Crippen LogP contribution in [0.5, 0.6) is 5.75 Å². The second-order valence-corrected chi connectivity index (χ2v) is 3.79. The summed E-state index contributed by atoms with van der Waals surface area (Å²) in [5.74, 6) is -0.255. The number of nitrogens with one attached hydrogen (secondary N) is 1. The summed E-state index contributed by atoms with van der Waals surface area (Å²) in [7, 11) is 0. The first-order valence-electron chi connectivity index (χ1n) is 5.47. The van der Waals surface area contributed by atoms with Gasteiger partial charge in [-0.1, -0.05) is 0 Å². The van der Waals surface area contributed by atoms with Gasteiger partial charge in [0.05, 0.1) is 4.92 Å². The van der Waals surface area contributed by atoms with E-state index in [2.05, 4.69) is 5.32 Å².